The Morgan fingerprint density at radius 1 is 1.20 bits per heavy atom. The lowest BCUT2D eigenvalue weighted by Gasteiger charge is -2.22. The normalized spacial score (nSPS) is 10.8. The first kappa shape index (κ1) is 16.2. The number of hydrogen-bond donors (Lipinski definition) is 2. The standard InChI is InChI=1S/C15H19ClN2O2/c1-4-9-17-13(19)15(2,3)14(20)18-10-11-5-7-12(16)8-6-11/h4-8H,1,9-10H2,2-3H3,(H,17,19)(H,18,20). The summed E-state index contributed by atoms with van der Waals surface area (Å²) in [5.74, 6) is -0.653. The van der Waals surface area contributed by atoms with Gasteiger partial charge in [0.05, 0.1) is 0 Å². The summed E-state index contributed by atoms with van der Waals surface area (Å²) in [7, 11) is 0. The van der Waals surface area contributed by atoms with E-state index in [1.165, 1.54) is 0 Å². The van der Waals surface area contributed by atoms with E-state index in [2.05, 4.69) is 17.2 Å². The molecule has 0 aliphatic rings. The monoisotopic (exact) mass is 294 g/mol. The molecule has 5 heteroatoms. The summed E-state index contributed by atoms with van der Waals surface area (Å²) in [4.78, 5) is 24.0. The van der Waals surface area contributed by atoms with Crippen molar-refractivity contribution in [3.63, 3.8) is 0 Å². The zero-order chi connectivity index (χ0) is 15.2. The van der Waals surface area contributed by atoms with Gasteiger partial charge >= 0.3 is 0 Å². The lowest BCUT2D eigenvalue weighted by Crippen LogP contribution is -2.47. The summed E-state index contributed by atoms with van der Waals surface area (Å²) in [6.45, 7) is 7.38. The summed E-state index contributed by atoms with van der Waals surface area (Å²) in [6, 6.07) is 7.16. The number of halogens is 1. The van der Waals surface area contributed by atoms with Crippen LogP contribution in [0.3, 0.4) is 0 Å². The molecular weight excluding hydrogens is 276 g/mol. The second kappa shape index (κ2) is 7.10. The topological polar surface area (TPSA) is 58.2 Å². The van der Waals surface area contributed by atoms with Crippen molar-refractivity contribution in [2.45, 2.75) is 20.4 Å². The average molecular weight is 295 g/mol. The van der Waals surface area contributed by atoms with Crippen LogP contribution < -0.4 is 10.6 Å². The van der Waals surface area contributed by atoms with Gasteiger partial charge in [-0.25, -0.2) is 0 Å². The third-order valence-corrected chi connectivity index (χ3v) is 3.16. The van der Waals surface area contributed by atoms with Crippen LogP contribution in [0.1, 0.15) is 19.4 Å². The van der Waals surface area contributed by atoms with Crippen molar-refractivity contribution in [2.75, 3.05) is 6.54 Å². The van der Waals surface area contributed by atoms with Crippen LogP contribution >= 0.6 is 11.6 Å². The van der Waals surface area contributed by atoms with Crippen LogP contribution in [0.2, 0.25) is 5.02 Å². The molecule has 1 aromatic rings. The van der Waals surface area contributed by atoms with E-state index in [0.29, 0.717) is 18.1 Å². The van der Waals surface area contributed by atoms with Crippen molar-refractivity contribution in [3.8, 4) is 0 Å². The van der Waals surface area contributed by atoms with Crippen molar-refractivity contribution < 1.29 is 9.59 Å². The van der Waals surface area contributed by atoms with Crippen LogP contribution in [0, 0.1) is 5.41 Å². The predicted octanol–water partition coefficient (Wildman–Crippen LogP) is 2.28. The average Bonchev–Trinajstić information content (AvgIpc) is 2.43. The van der Waals surface area contributed by atoms with Crippen LogP contribution in [0.25, 0.3) is 0 Å². The summed E-state index contributed by atoms with van der Waals surface area (Å²) in [5.41, 5.74) is -0.208. The molecule has 0 atom stereocenters. The van der Waals surface area contributed by atoms with Crippen LogP contribution in [0.15, 0.2) is 36.9 Å². The van der Waals surface area contributed by atoms with E-state index in [0.717, 1.165) is 5.56 Å². The molecule has 0 unspecified atom stereocenters. The third kappa shape index (κ3) is 4.38. The Kier molecular flexibility index (Phi) is 5.77. The second-order valence-electron chi connectivity index (χ2n) is 4.93. The highest BCUT2D eigenvalue weighted by Gasteiger charge is 2.35. The summed E-state index contributed by atoms with van der Waals surface area (Å²) < 4.78 is 0. The summed E-state index contributed by atoms with van der Waals surface area (Å²) >= 11 is 5.79. The first-order chi connectivity index (χ1) is 9.37. The molecule has 0 bridgehead atoms. The maximum atomic E-state index is 12.1. The molecule has 0 aliphatic heterocycles. The highest BCUT2D eigenvalue weighted by molar-refractivity contribution is 6.30. The van der Waals surface area contributed by atoms with E-state index in [1.54, 1.807) is 32.1 Å². The van der Waals surface area contributed by atoms with E-state index in [-0.39, 0.29) is 11.8 Å². The highest BCUT2D eigenvalue weighted by Crippen LogP contribution is 2.16. The van der Waals surface area contributed by atoms with Crippen LogP contribution in [0.4, 0.5) is 0 Å². The fraction of sp³-hybridized carbons (Fsp3) is 0.333. The van der Waals surface area contributed by atoms with E-state index in [9.17, 15) is 9.59 Å². The Bertz CT molecular complexity index is 495. The molecule has 2 amide bonds. The van der Waals surface area contributed by atoms with Crippen molar-refractivity contribution in [2.24, 2.45) is 5.41 Å². The number of carbonyl (C=O) groups excluding carboxylic acids is 2. The van der Waals surface area contributed by atoms with E-state index >= 15 is 0 Å². The SMILES string of the molecule is C=CCNC(=O)C(C)(C)C(=O)NCc1ccc(Cl)cc1. The van der Waals surface area contributed by atoms with Crippen LogP contribution in [0.5, 0.6) is 0 Å². The molecular formula is C15H19ClN2O2. The number of hydrogen-bond acceptors (Lipinski definition) is 2. The quantitative estimate of drug-likeness (QED) is 0.625. The molecule has 0 heterocycles. The van der Waals surface area contributed by atoms with E-state index < -0.39 is 5.41 Å². The first-order valence-electron chi connectivity index (χ1n) is 6.30. The number of rotatable bonds is 6. The van der Waals surface area contributed by atoms with Gasteiger partial charge in [-0.2, -0.15) is 0 Å². The molecule has 0 saturated heterocycles. The lowest BCUT2D eigenvalue weighted by molar-refractivity contribution is -0.141. The molecule has 1 rings (SSSR count). The fourth-order valence-corrected chi connectivity index (χ4v) is 1.62. The number of nitrogens with one attached hydrogen (secondary N) is 2. The lowest BCUT2D eigenvalue weighted by atomic mass is 9.91. The Hall–Kier alpha value is -1.81. The molecule has 2 N–H and O–H groups in total. The van der Waals surface area contributed by atoms with Gasteiger partial charge in [0.1, 0.15) is 5.41 Å². The Morgan fingerprint density at radius 3 is 2.30 bits per heavy atom. The number of benzene rings is 1. The van der Waals surface area contributed by atoms with Crippen LogP contribution in [-0.4, -0.2) is 18.4 Å². The maximum absolute atomic E-state index is 12.1. The first-order valence-corrected chi connectivity index (χ1v) is 6.67. The molecule has 108 valence electrons. The molecule has 0 fully saturated rings. The Balaban J connectivity index is 2.58. The van der Waals surface area contributed by atoms with Gasteiger partial charge in [-0.15, -0.1) is 6.58 Å². The van der Waals surface area contributed by atoms with Gasteiger partial charge in [0.15, 0.2) is 0 Å². The molecule has 0 aliphatic carbocycles. The summed E-state index contributed by atoms with van der Waals surface area (Å²) in [5, 5.41) is 6.01. The molecule has 0 spiro atoms. The van der Waals surface area contributed by atoms with Crippen LogP contribution in [-0.2, 0) is 16.1 Å². The zero-order valence-corrected chi connectivity index (χ0v) is 12.5. The smallest absolute Gasteiger partial charge is 0.235 e. The largest absolute Gasteiger partial charge is 0.352 e. The van der Waals surface area contributed by atoms with Gasteiger partial charge < -0.3 is 10.6 Å². The van der Waals surface area contributed by atoms with Crippen molar-refractivity contribution in [1.82, 2.24) is 10.6 Å². The Morgan fingerprint density at radius 2 is 1.75 bits per heavy atom. The molecule has 0 saturated carbocycles. The van der Waals surface area contributed by atoms with Gasteiger partial charge in [0.25, 0.3) is 0 Å². The maximum Gasteiger partial charge on any atom is 0.235 e. The van der Waals surface area contributed by atoms with Gasteiger partial charge in [0, 0.05) is 18.1 Å². The minimum atomic E-state index is -1.13. The van der Waals surface area contributed by atoms with E-state index in [1.807, 2.05) is 12.1 Å². The molecule has 4 nitrogen and oxygen atoms in total. The van der Waals surface area contributed by atoms with Crippen molar-refractivity contribution >= 4 is 23.4 Å². The van der Waals surface area contributed by atoms with Gasteiger partial charge in [-0.05, 0) is 31.5 Å². The molecule has 0 aromatic heterocycles. The molecule has 1 aromatic carbocycles. The minimum absolute atomic E-state index is 0.325. The molecule has 20 heavy (non-hydrogen) atoms. The van der Waals surface area contributed by atoms with Gasteiger partial charge in [-0.1, -0.05) is 29.8 Å². The van der Waals surface area contributed by atoms with Gasteiger partial charge in [-0.3, -0.25) is 9.59 Å². The molecule has 0 radical (unpaired) electrons. The second-order valence-corrected chi connectivity index (χ2v) is 5.37. The number of amides is 2. The van der Waals surface area contributed by atoms with Crippen molar-refractivity contribution in [3.05, 3.63) is 47.5 Å². The number of carbonyl (C=O) groups is 2. The van der Waals surface area contributed by atoms with E-state index in [4.69, 9.17) is 11.6 Å². The zero-order valence-electron chi connectivity index (χ0n) is 11.7. The van der Waals surface area contributed by atoms with Crippen molar-refractivity contribution in [1.29, 1.82) is 0 Å². The Labute approximate surface area is 124 Å². The third-order valence-electron chi connectivity index (χ3n) is 2.91. The highest BCUT2D eigenvalue weighted by atomic mass is 35.5. The fourth-order valence-electron chi connectivity index (χ4n) is 1.49. The minimum Gasteiger partial charge on any atom is -0.352 e. The van der Waals surface area contributed by atoms with Gasteiger partial charge in [0.2, 0.25) is 11.8 Å². The predicted molar refractivity (Wildman–Crippen MR) is 80.3 cm³/mol. The summed E-state index contributed by atoms with van der Waals surface area (Å²) in [6.07, 6.45) is 1.57.